The van der Waals surface area contributed by atoms with Crippen LogP contribution in [0.1, 0.15) is 65.7 Å². The van der Waals surface area contributed by atoms with Gasteiger partial charge in [0.15, 0.2) is 0 Å². The minimum absolute atomic E-state index is 0.408. The van der Waals surface area contributed by atoms with E-state index in [9.17, 15) is 0 Å². The summed E-state index contributed by atoms with van der Waals surface area (Å²) in [5.41, 5.74) is 0. The van der Waals surface area contributed by atoms with Crippen LogP contribution >= 0.6 is 0 Å². The lowest BCUT2D eigenvalue weighted by molar-refractivity contribution is 0.132. The molecule has 0 saturated carbocycles. The molecule has 0 rings (SSSR count). The first-order chi connectivity index (χ1) is 8.35. The first kappa shape index (κ1) is 17.5. The van der Waals surface area contributed by atoms with E-state index in [1.165, 1.54) is 50.2 Å². The standard InChI is InChI=1S/C7H15O.2C4H9.Al/c1-3-5-7-8-6-4-2;2*1-3-4-2;/h2-7H2,1H3;2*1,3-4H2,2H3;. The molecule has 0 aromatic heterocycles. The minimum atomic E-state index is -0.408. The molecule has 0 fully saturated rings. The highest BCUT2D eigenvalue weighted by Gasteiger charge is 2.14. The molecule has 0 aromatic carbocycles. The van der Waals surface area contributed by atoms with E-state index >= 15 is 0 Å². The smallest absolute Gasteiger partial charge is 0.261 e. The summed E-state index contributed by atoms with van der Waals surface area (Å²) in [4.78, 5) is 0. The zero-order valence-corrected chi connectivity index (χ0v) is 13.6. The second-order valence-electron chi connectivity index (χ2n) is 5.26. The maximum Gasteiger partial charge on any atom is 0.261 e. The number of hydrogen-bond acceptors (Lipinski definition) is 1. The summed E-state index contributed by atoms with van der Waals surface area (Å²) < 4.78 is 5.66. The molecule has 0 spiro atoms. The molecular weight excluding hydrogens is 223 g/mol. The van der Waals surface area contributed by atoms with Crippen LogP contribution in [-0.4, -0.2) is 27.4 Å². The van der Waals surface area contributed by atoms with Crippen LogP contribution in [0, 0.1) is 0 Å². The number of unbranched alkanes of at least 4 members (excludes halogenated alkanes) is 3. The van der Waals surface area contributed by atoms with Gasteiger partial charge < -0.3 is 4.74 Å². The van der Waals surface area contributed by atoms with Gasteiger partial charge in [-0.15, -0.1) is 0 Å². The first-order valence-corrected chi connectivity index (χ1v) is 10.4. The predicted octanol–water partition coefficient (Wildman–Crippen LogP) is 5.29. The zero-order valence-electron chi connectivity index (χ0n) is 12.5. The van der Waals surface area contributed by atoms with Gasteiger partial charge in [0.05, 0.1) is 0 Å². The molecule has 102 valence electrons. The van der Waals surface area contributed by atoms with Gasteiger partial charge in [0.25, 0.3) is 14.1 Å². The van der Waals surface area contributed by atoms with Crippen molar-refractivity contribution in [3.63, 3.8) is 0 Å². The number of ether oxygens (including phenoxy) is 1. The molecule has 0 saturated heterocycles. The van der Waals surface area contributed by atoms with Crippen LogP contribution in [0.3, 0.4) is 0 Å². The molecule has 0 amide bonds. The third-order valence-electron chi connectivity index (χ3n) is 3.48. The molecule has 0 atom stereocenters. The molecule has 0 N–H and O–H groups in total. The summed E-state index contributed by atoms with van der Waals surface area (Å²) in [7, 11) is 0. The van der Waals surface area contributed by atoms with Gasteiger partial charge in [-0.2, -0.15) is 0 Å². The Labute approximate surface area is 114 Å². The lowest BCUT2D eigenvalue weighted by atomic mass is 10.4. The molecule has 17 heavy (non-hydrogen) atoms. The fourth-order valence-electron chi connectivity index (χ4n) is 2.24. The molecule has 0 bridgehead atoms. The lowest BCUT2D eigenvalue weighted by Crippen LogP contribution is -2.13. The first-order valence-electron chi connectivity index (χ1n) is 7.92. The highest BCUT2D eigenvalue weighted by atomic mass is 27.2. The van der Waals surface area contributed by atoms with E-state index in [0.29, 0.717) is 0 Å². The van der Waals surface area contributed by atoms with Crippen molar-refractivity contribution in [1.29, 1.82) is 0 Å². The average Bonchev–Trinajstić information content (AvgIpc) is 2.35. The molecule has 1 nitrogen and oxygen atoms in total. The van der Waals surface area contributed by atoms with Crippen molar-refractivity contribution in [2.75, 3.05) is 13.2 Å². The van der Waals surface area contributed by atoms with Crippen molar-refractivity contribution in [3.8, 4) is 0 Å². The van der Waals surface area contributed by atoms with Gasteiger partial charge in [0.2, 0.25) is 0 Å². The summed E-state index contributed by atoms with van der Waals surface area (Å²) in [6, 6.07) is 0. The lowest BCUT2D eigenvalue weighted by Gasteiger charge is -2.11. The molecule has 0 aliphatic rings. The molecule has 2 heteroatoms. The van der Waals surface area contributed by atoms with Gasteiger partial charge in [0, 0.05) is 13.2 Å². The Morgan fingerprint density at radius 1 is 0.647 bits per heavy atom. The van der Waals surface area contributed by atoms with E-state index in [0.717, 1.165) is 13.2 Å². The van der Waals surface area contributed by atoms with Crippen LogP contribution in [0.2, 0.25) is 15.8 Å². The van der Waals surface area contributed by atoms with Crippen LogP contribution in [0.25, 0.3) is 0 Å². The quantitative estimate of drug-likeness (QED) is 0.321. The SMILES string of the molecule is CCCCOCC[CH2][Al]([CH2]CCC)[CH2]CCC. The van der Waals surface area contributed by atoms with Crippen molar-refractivity contribution in [3.05, 3.63) is 0 Å². The van der Waals surface area contributed by atoms with E-state index in [1.54, 1.807) is 10.6 Å². The van der Waals surface area contributed by atoms with Crippen molar-refractivity contribution in [2.24, 2.45) is 0 Å². The van der Waals surface area contributed by atoms with E-state index in [2.05, 4.69) is 20.8 Å². The van der Waals surface area contributed by atoms with Crippen molar-refractivity contribution in [2.45, 2.75) is 81.6 Å². The molecule has 0 radical (unpaired) electrons. The summed E-state index contributed by atoms with van der Waals surface area (Å²) in [5, 5.41) is 4.67. The second-order valence-corrected chi connectivity index (χ2v) is 8.72. The Kier molecular flexibility index (Phi) is 15.0. The van der Waals surface area contributed by atoms with E-state index < -0.39 is 14.1 Å². The molecule has 0 unspecified atom stereocenters. The molecule has 0 heterocycles. The Morgan fingerprint density at radius 2 is 1.12 bits per heavy atom. The normalized spacial score (nSPS) is 10.8. The molecule has 0 aliphatic heterocycles. The van der Waals surface area contributed by atoms with Gasteiger partial charge in [0.1, 0.15) is 0 Å². The summed E-state index contributed by atoms with van der Waals surface area (Å²) in [5.74, 6) is 0. The predicted molar refractivity (Wildman–Crippen MR) is 80.3 cm³/mol. The van der Waals surface area contributed by atoms with Crippen molar-refractivity contribution >= 4 is 14.1 Å². The third kappa shape index (κ3) is 12.7. The fraction of sp³-hybridized carbons (Fsp3) is 1.00. The Bertz CT molecular complexity index is 131. The topological polar surface area (TPSA) is 9.23 Å². The van der Waals surface area contributed by atoms with Crippen LogP contribution in [0.15, 0.2) is 0 Å². The van der Waals surface area contributed by atoms with Gasteiger partial charge in [-0.1, -0.05) is 68.7 Å². The van der Waals surface area contributed by atoms with Crippen LogP contribution < -0.4 is 0 Å². The molecule has 0 aliphatic carbocycles. The second kappa shape index (κ2) is 14.6. The van der Waals surface area contributed by atoms with E-state index in [4.69, 9.17) is 4.74 Å². The van der Waals surface area contributed by atoms with Crippen molar-refractivity contribution in [1.82, 2.24) is 0 Å². The number of rotatable bonds is 13. The van der Waals surface area contributed by atoms with Crippen molar-refractivity contribution < 1.29 is 4.74 Å². The monoisotopic (exact) mass is 256 g/mol. The molecular formula is C15H33AlO. The Balaban J connectivity index is 3.45. The maximum absolute atomic E-state index is 5.66. The van der Waals surface area contributed by atoms with Crippen LogP contribution in [0.5, 0.6) is 0 Å². The van der Waals surface area contributed by atoms with Crippen LogP contribution in [-0.2, 0) is 4.74 Å². The highest BCUT2D eigenvalue weighted by Crippen LogP contribution is 2.15. The minimum Gasteiger partial charge on any atom is -0.382 e. The largest absolute Gasteiger partial charge is 0.382 e. The third-order valence-corrected chi connectivity index (χ3v) is 7.15. The molecule has 0 aromatic rings. The summed E-state index contributed by atoms with van der Waals surface area (Å²) in [6.45, 7) is 8.86. The van der Waals surface area contributed by atoms with Gasteiger partial charge in [-0.05, 0) is 12.8 Å². The highest BCUT2D eigenvalue weighted by molar-refractivity contribution is 6.58. The zero-order chi connectivity index (χ0) is 12.8. The van der Waals surface area contributed by atoms with Gasteiger partial charge in [-0.25, -0.2) is 0 Å². The maximum atomic E-state index is 5.66. The van der Waals surface area contributed by atoms with Gasteiger partial charge >= 0.3 is 0 Å². The fourth-order valence-corrected chi connectivity index (χ4v) is 5.82. The Morgan fingerprint density at radius 3 is 1.65 bits per heavy atom. The Hall–Kier alpha value is 0.492. The van der Waals surface area contributed by atoms with E-state index in [-0.39, 0.29) is 0 Å². The van der Waals surface area contributed by atoms with Crippen LogP contribution in [0.4, 0.5) is 0 Å². The summed E-state index contributed by atoms with van der Waals surface area (Å²) >= 11 is -0.408. The average molecular weight is 256 g/mol. The number of hydrogen-bond donors (Lipinski definition) is 0. The van der Waals surface area contributed by atoms with Gasteiger partial charge in [-0.3, -0.25) is 0 Å². The van der Waals surface area contributed by atoms with E-state index in [1.807, 2.05) is 0 Å². The summed E-state index contributed by atoms with van der Waals surface area (Å²) in [6.07, 6.45) is 9.50.